The van der Waals surface area contributed by atoms with Crippen LogP contribution in [0.5, 0.6) is 0 Å². The van der Waals surface area contributed by atoms with Crippen LogP contribution < -0.4 is 5.32 Å². The summed E-state index contributed by atoms with van der Waals surface area (Å²) in [5.41, 5.74) is 1.11. The lowest BCUT2D eigenvalue weighted by atomic mass is 10.1. The second kappa shape index (κ2) is 6.46. The highest BCUT2D eigenvalue weighted by Crippen LogP contribution is 2.12. The summed E-state index contributed by atoms with van der Waals surface area (Å²) >= 11 is 0. The number of anilines is 1. The summed E-state index contributed by atoms with van der Waals surface area (Å²) in [5, 5.41) is 3.49. The minimum absolute atomic E-state index is 0.531. The lowest BCUT2D eigenvalue weighted by Crippen LogP contribution is -2.19. The Balaban J connectivity index is 2.74. The lowest BCUT2D eigenvalue weighted by Gasteiger charge is -2.17. The number of rotatable bonds is 6. The van der Waals surface area contributed by atoms with Gasteiger partial charge in [0.2, 0.25) is 0 Å². The van der Waals surface area contributed by atoms with Gasteiger partial charge in [-0.05, 0) is 26.2 Å². The van der Waals surface area contributed by atoms with Crippen LogP contribution in [0.1, 0.15) is 51.6 Å². The van der Waals surface area contributed by atoms with Gasteiger partial charge in [-0.15, -0.1) is 0 Å². The molecule has 0 saturated heterocycles. The molecule has 0 spiro atoms. The largest absolute Gasteiger partial charge is 0.367 e. The number of nitrogens with zero attached hydrogens (tertiary/aromatic N) is 2. The van der Waals surface area contributed by atoms with Crippen LogP contribution in [0.2, 0.25) is 0 Å². The van der Waals surface area contributed by atoms with E-state index in [1.807, 2.05) is 6.92 Å². The molecule has 1 N–H and O–H groups in total. The molecule has 1 atom stereocenters. The Morgan fingerprint density at radius 3 is 2.56 bits per heavy atom. The highest BCUT2D eigenvalue weighted by Gasteiger charge is 2.07. The third-order valence-corrected chi connectivity index (χ3v) is 2.74. The van der Waals surface area contributed by atoms with Crippen LogP contribution in [-0.2, 0) is 6.42 Å². The molecule has 1 heterocycles. The fourth-order valence-electron chi connectivity index (χ4n) is 1.82. The van der Waals surface area contributed by atoms with Gasteiger partial charge in [-0.2, -0.15) is 0 Å². The summed E-state index contributed by atoms with van der Waals surface area (Å²) in [6, 6.07) is 2.59. The van der Waals surface area contributed by atoms with Gasteiger partial charge in [0.05, 0.1) is 0 Å². The van der Waals surface area contributed by atoms with E-state index in [-0.39, 0.29) is 0 Å². The molecule has 0 fully saturated rings. The Morgan fingerprint density at radius 1 is 1.25 bits per heavy atom. The minimum atomic E-state index is 0.531. The topological polar surface area (TPSA) is 37.8 Å². The first kappa shape index (κ1) is 12.9. The Labute approximate surface area is 98.7 Å². The zero-order valence-corrected chi connectivity index (χ0v) is 10.9. The highest BCUT2D eigenvalue weighted by molar-refractivity contribution is 5.37. The predicted molar refractivity (Wildman–Crippen MR) is 68.8 cm³/mol. The summed E-state index contributed by atoms with van der Waals surface area (Å²) in [6.45, 7) is 8.50. The van der Waals surface area contributed by atoms with Crippen molar-refractivity contribution in [3.05, 3.63) is 17.6 Å². The maximum atomic E-state index is 4.43. The zero-order chi connectivity index (χ0) is 12.0. The molecule has 3 heteroatoms. The van der Waals surface area contributed by atoms with Crippen molar-refractivity contribution >= 4 is 5.82 Å². The van der Waals surface area contributed by atoms with Crippen molar-refractivity contribution in [1.82, 2.24) is 9.97 Å². The second-order valence-electron chi connectivity index (χ2n) is 4.18. The zero-order valence-electron chi connectivity index (χ0n) is 10.9. The molecule has 1 aromatic rings. The van der Waals surface area contributed by atoms with Gasteiger partial charge in [-0.3, -0.25) is 0 Å². The van der Waals surface area contributed by atoms with Crippen LogP contribution in [0, 0.1) is 6.92 Å². The Kier molecular flexibility index (Phi) is 5.23. The van der Waals surface area contributed by atoms with E-state index in [2.05, 4.69) is 42.1 Å². The standard InChI is InChI=1S/C13H23N3/c1-5-8-11(6-2)16-13-9-12(7-3)14-10(4)15-13/h9,11H,5-8H2,1-4H3,(H,14,15,16). The fraction of sp³-hybridized carbons (Fsp3) is 0.692. The highest BCUT2D eigenvalue weighted by atomic mass is 15.0. The summed E-state index contributed by atoms with van der Waals surface area (Å²) in [5.74, 6) is 1.83. The molecular formula is C13H23N3. The molecule has 0 aromatic carbocycles. The summed E-state index contributed by atoms with van der Waals surface area (Å²) in [6.07, 6.45) is 4.50. The first-order valence-electron chi connectivity index (χ1n) is 6.30. The van der Waals surface area contributed by atoms with Crippen molar-refractivity contribution in [3.63, 3.8) is 0 Å². The normalized spacial score (nSPS) is 12.5. The molecule has 0 amide bonds. The fourth-order valence-corrected chi connectivity index (χ4v) is 1.82. The minimum Gasteiger partial charge on any atom is -0.367 e. The van der Waals surface area contributed by atoms with Crippen molar-refractivity contribution in [1.29, 1.82) is 0 Å². The van der Waals surface area contributed by atoms with Gasteiger partial charge in [0, 0.05) is 17.8 Å². The van der Waals surface area contributed by atoms with E-state index >= 15 is 0 Å². The van der Waals surface area contributed by atoms with Crippen molar-refractivity contribution in [3.8, 4) is 0 Å². The van der Waals surface area contributed by atoms with Crippen LogP contribution in [0.15, 0.2) is 6.07 Å². The Morgan fingerprint density at radius 2 is 2.00 bits per heavy atom. The summed E-state index contributed by atoms with van der Waals surface area (Å²) in [7, 11) is 0. The van der Waals surface area contributed by atoms with Crippen molar-refractivity contribution < 1.29 is 0 Å². The number of aryl methyl sites for hydroxylation is 2. The van der Waals surface area contributed by atoms with Crippen molar-refractivity contribution in [2.75, 3.05) is 5.32 Å². The molecule has 1 rings (SSSR count). The van der Waals surface area contributed by atoms with Crippen molar-refractivity contribution in [2.45, 2.75) is 59.4 Å². The summed E-state index contributed by atoms with van der Waals surface area (Å²) in [4.78, 5) is 8.81. The van der Waals surface area contributed by atoms with E-state index in [4.69, 9.17) is 0 Å². The molecule has 0 radical (unpaired) electrons. The molecule has 0 aliphatic rings. The van der Waals surface area contributed by atoms with Crippen LogP contribution in [0.4, 0.5) is 5.82 Å². The third kappa shape index (κ3) is 3.80. The van der Waals surface area contributed by atoms with Crippen molar-refractivity contribution in [2.24, 2.45) is 0 Å². The van der Waals surface area contributed by atoms with Gasteiger partial charge in [-0.25, -0.2) is 9.97 Å². The number of nitrogens with one attached hydrogen (secondary N) is 1. The van der Waals surface area contributed by atoms with Crippen LogP contribution in [0.25, 0.3) is 0 Å². The number of hydrogen-bond donors (Lipinski definition) is 1. The third-order valence-electron chi connectivity index (χ3n) is 2.74. The van der Waals surface area contributed by atoms with E-state index in [0.717, 1.165) is 30.2 Å². The molecule has 3 nitrogen and oxygen atoms in total. The number of aromatic nitrogens is 2. The van der Waals surface area contributed by atoms with E-state index < -0.39 is 0 Å². The van der Waals surface area contributed by atoms with E-state index in [1.54, 1.807) is 0 Å². The van der Waals surface area contributed by atoms with Gasteiger partial charge >= 0.3 is 0 Å². The van der Waals surface area contributed by atoms with Gasteiger partial charge in [0.25, 0.3) is 0 Å². The molecule has 0 aliphatic heterocycles. The number of hydrogen-bond acceptors (Lipinski definition) is 3. The monoisotopic (exact) mass is 221 g/mol. The molecular weight excluding hydrogens is 198 g/mol. The predicted octanol–water partition coefficient (Wildman–Crippen LogP) is 3.34. The molecule has 0 saturated carbocycles. The van der Waals surface area contributed by atoms with Gasteiger partial charge in [0.15, 0.2) is 0 Å². The van der Waals surface area contributed by atoms with E-state index in [1.165, 1.54) is 12.8 Å². The average molecular weight is 221 g/mol. The maximum Gasteiger partial charge on any atom is 0.130 e. The lowest BCUT2D eigenvalue weighted by molar-refractivity contribution is 0.619. The Bertz CT molecular complexity index is 323. The van der Waals surface area contributed by atoms with Crippen LogP contribution in [0.3, 0.4) is 0 Å². The molecule has 1 unspecified atom stereocenters. The molecule has 0 aliphatic carbocycles. The van der Waals surface area contributed by atoms with E-state index in [0.29, 0.717) is 6.04 Å². The van der Waals surface area contributed by atoms with Crippen LogP contribution >= 0.6 is 0 Å². The average Bonchev–Trinajstić information content (AvgIpc) is 2.27. The first-order chi connectivity index (χ1) is 7.69. The smallest absolute Gasteiger partial charge is 0.130 e. The summed E-state index contributed by atoms with van der Waals surface area (Å²) < 4.78 is 0. The van der Waals surface area contributed by atoms with Gasteiger partial charge in [0.1, 0.15) is 11.6 Å². The van der Waals surface area contributed by atoms with Gasteiger partial charge < -0.3 is 5.32 Å². The Hall–Kier alpha value is -1.12. The first-order valence-corrected chi connectivity index (χ1v) is 6.30. The maximum absolute atomic E-state index is 4.43. The van der Waals surface area contributed by atoms with E-state index in [9.17, 15) is 0 Å². The SMILES string of the molecule is CCCC(CC)Nc1cc(CC)nc(C)n1. The molecule has 90 valence electrons. The van der Waals surface area contributed by atoms with Gasteiger partial charge in [-0.1, -0.05) is 27.2 Å². The molecule has 0 bridgehead atoms. The molecule has 1 aromatic heterocycles. The van der Waals surface area contributed by atoms with Crippen LogP contribution in [-0.4, -0.2) is 16.0 Å². The molecule has 16 heavy (non-hydrogen) atoms. The quantitative estimate of drug-likeness (QED) is 0.800. The second-order valence-corrected chi connectivity index (χ2v) is 4.18.